The number of sulfonamides is 1. The van der Waals surface area contributed by atoms with Gasteiger partial charge < -0.3 is 5.32 Å². The van der Waals surface area contributed by atoms with Crippen LogP contribution in [0.4, 0.5) is 5.69 Å². The van der Waals surface area contributed by atoms with Crippen LogP contribution in [0.5, 0.6) is 0 Å². The van der Waals surface area contributed by atoms with E-state index in [9.17, 15) is 18.0 Å². The predicted octanol–water partition coefficient (Wildman–Crippen LogP) is 3.93. The average molecular weight is 423 g/mol. The molecule has 2 N–H and O–H groups in total. The van der Waals surface area contributed by atoms with Crippen LogP contribution >= 0.6 is 0 Å². The molecule has 30 heavy (non-hydrogen) atoms. The fourth-order valence-electron chi connectivity index (χ4n) is 2.88. The molecule has 0 atom stereocenters. The molecule has 0 spiro atoms. The van der Waals surface area contributed by atoms with Crippen molar-refractivity contribution in [3.8, 4) is 0 Å². The molecular weight excluding hydrogens is 400 g/mol. The standard InChI is InChI=1S/C23H22N2O4S/c1-16-11-12-21(30(28,29)24-15-18-7-4-3-5-8-18)14-22(16)23(27)25-20-10-6-9-19(13-20)17(2)26/h3-14,24H,15H2,1-2H3,(H,25,27). The maximum atomic E-state index is 12.8. The van der Waals surface area contributed by atoms with Crippen LogP contribution in [0.2, 0.25) is 0 Å². The molecular formula is C23H22N2O4S. The van der Waals surface area contributed by atoms with E-state index in [4.69, 9.17) is 0 Å². The first-order valence-corrected chi connectivity index (χ1v) is 10.8. The van der Waals surface area contributed by atoms with Crippen molar-refractivity contribution in [2.75, 3.05) is 5.32 Å². The number of aryl methyl sites for hydroxylation is 1. The minimum Gasteiger partial charge on any atom is -0.322 e. The van der Waals surface area contributed by atoms with Gasteiger partial charge in [0, 0.05) is 23.4 Å². The van der Waals surface area contributed by atoms with Gasteiger partial charge in [0.1, 0.15) is 0 Å². The molecule has 3 aromatic rings. The van der Waals surface area contributed by atoms with Crippen LogP contribution in [0.25, 0.3) is 0 Å². The molecule has 6 nitrogen and oxygen atoms in total. The lowest BCUT2D eigenvalue weighted by Crippen LogP contribution is -2.24. The van der Waals surface area contributed by atoms with Gasteiger partial charge in [-0.2, -0.15) is 0 Å². The van der Waals surface area contributed by atoms with Gasteiger partial charge in [-0.1, -0.05) is 48.5 Å². The molecule has 0 saturated heterocycles. The number of amides is 1. The lowest BCUT2D eigenvalue weighted by molar-refractivity contribution is 0.101. The quantitative estimate of drug-likeness (QED) is 0.564. The second-order valence-electron chi connectivity index (χ2n) is 6.88. The van der Waals surface area contributed by atoms with Gasteiger partial charge >= 0.3 is 0 Å². The summed E-state index contributed by atoms with van der Waals surface area (Å²) in [4.78, 5) is 24.3. The number of nitrogens with one attached hydrogen (secondary N) is 2. The zero-order valence-electron chi connectivity index (χ0n) is 16.7. The third-order valence-electron chi connectivity index (χ3n) is 4.60. The molecule has 0 aliphatic carbocycles. The molecule has 0 aromatic heterocycles. The third kappa shape index (κ3) is 5.20. The minimum atomic E-state index is -3.80. The van der Waals surface area contributed by atoms with Crippen molar-refractivity contribution in [1.82, 2.24) is 4.72 Å². The third-order valence-corrected chi connectivity index (χ3v) is 6.00. The van der Waals surface area contributed by atoms with E-state index in [0.29, 0.717) is 16.8 Å². The molecule has 1 amide bonds. The highest BCUT2D eigenvalue weighted by Gasteiger charge is 2.18. The van der Waals surface area contributed by atoms with Gasteiger partial charge in [0.15, 0.2) is 5.78 Å². The van der Waals surface area contributed by atoms with Crippen LogP contribution in [-0.2, 0) is 16.6 Å². The zero-order valence-corrected chi connectivity index (χ0v) is 17.5. The van der Waals surface area contributed by atoms with Crippen molar-refractivity contribution in [3.63, 3.8) is 0 Å². The Kier molecular flexibility index (Phi) is 6.44. The number of rotatable bonds is 7. The first-order chi connectivity index (χ1) is 14.3. The maximum absolute atomic E-state index is 12.8. The topological polar surface area (TPSA) is 92.3 Å². The number of carbonyl (C=O) groups excluding carboxylic acids is 2. The highest BCUT2D eigenvalue weighted by molar-refractivity contribution is 7.89. The van der Waals surface area contributed by atoms with E-state index < -0.39 is 15.9 Å². The zero-order chi connectivity index (χ0) is 21.7. The van der Waals surface area contributed by atoms with Crippen molar-refractivity contribution >= 4 is 27.4 Å². The summed E-state index contributed by atoms with van der Waals surface area (Å²) in [6.07, 6.45) is 0. The Morgan fingerprint density at radius 3 is 2.33 bits per heavy atom. The van der Waals surface area contributed by atoms with Crippen LogP contribution in [0.15, 0.2) is 77.7 Å². The lowest BCUT2D eigenvalue weighted by atomic mass is 10.1. The minimum absolute atomic E-state index is 0.00617. The molecule has 0 aliphatic heterocycles. The summed E-state index contributed by atoms with van der Waals surface area (Å²) in [5.41, 5.74) is 2.65. The average Bonchev–Trinajstić information content (AvgIpc) is 2.73. The normalized spacial score (nSPS) is 11.1. The van der Waals surface area contributed by atoms with E-state index in [1.165, 1.54) is 19.1 Å². The predicted molar refractivity (Wildman–Crippen MR) is 116 cm³/mol. The fraction of sp³-hybridized carbons (Fsp3) is 0.130. The van der Waals surface area contributed by atoms with Gasteiger partial charge in [0.2, 0.25) is 10.0 Å². The molecule has 7 heteroatoms. The molecule has 3 aromatic carbocycles. The number of anilines is 1. The molecule has 3 rings (SSSR count). The van der Waals surface area contributed by atoms with E-state index in [0.717, 1.165) is 5.56 Å². The maximum Gasteiger partial charge on any atom is 0.255 e. The molecule has 154 valence electrons. The summed E-state index contributed by atoms with van der Waals surface area (Å²) >= 11 is 0. The summed E-state index contributed by atoms with van der Waals surface area (Å²) in [5.74, 6) is -0.562. The van der Waals surface area contributed by atoms with E-state index in [1.807, 2.05) is 30.3 Å². The van der Waals surface area contributed by atoms with E-state index in [1.54, 1.807) is 37.3 Å². The summed E-state index contributed by atoms with van der Waals surface area (Å²) in [5, 5.41) is 2.72. The number of hydrogen-bond acceptors (Lipinski definition) is 4. The first-order valence-electron chi connectivity index (χ1n) is 9.33. The highest BCUT2D eigenvalue weighted by Crippen LogP contribution is 2.19. The molecule has 0 bridgehead atoms. The Morgan fingerprint density at radius 2 is 1.63 bits per heavy atom. The fourth-order valence-corrected chi connectivity index (χ4v) is 3.93. The smallest absolute Gasteiger partial charge is 0.255 e. The molecule has 0 heterocycles. The van der Waals surface area contributed by atoms with Crippen molar-refractivity contribution in [1.29, 1.82) is 0 Å². The van der Waals surface area contributed by atoms with Gasteiger partial charge in [0.05, 0.1) is 4.90 Å². The van der Waals surface area contributed by atoms with Gasteiger partial charge in [-0.15, -0.1) is 0 Å². The SMILES string of the molecule is CC(=O)c1cccc(NC(=O)c2cc(S(=O)(=O)NCc3ccccc3)ccc2C)c1. The molecule has 0 unspecified atom stereocenters. The van der Waals surface area contributed by atoms with Gasteiger partial charge in [-0.3, -0.25) is 9.59 Å². The second kappa shape index (κ2) is 9.02. The van der Waals surface area contributed by atoms with Gasteiger partial charge in [-0.25, -0.2) is 13.1 Å². The van der Waals surface area contributed by atoms with Crippen LogP contribution in [0, 0.1) is 6.92 Å². The van der Waals surface area contributed by atoms with Crippen molar-refractivity contribution in [2.24, 2.45) is 0 Å². The van der Waals surface area contributed by atoms with Crippen LogP contribution < -0.4 is 10.0 Å². The van der Waals surface area contributed by atoms with Crippen LogP contribution in [-0.4, -0.2) is 20.1 Å². The van der Waals surface area contributed by atoms with Crippen LogP contribution in [0.3, 0.4) is 0 Å². The van der Waals surface area contributed by atoms with Crippen molar-refractivity contribution < 1.29 is 18.0 Å². The molecule has 0 saturated carbocycles. The Hall–Kier alpha value is -3.29. The largest absolute Gasteiger partial charge is 0.322 e. The van der Waals surface area contributed by atoms with Crippen molar-refractivity contribution in [2.45, 2.75) is 25.3 Å². The van der Waals surface area contributed by atoms with E-state index >= 15 is 0 Å². The lowest BCUT2D eigenvalue weighted by Gasteiger charge is -2.12. The van der Waals surface area contributed by atoms with E-state index in [2.05, 4.69) is 10.0 Å². The van der Waals surface area contributed by atoms with Gasteiger partial charge in [-0.05, 0) is 49.2 Å². The number of Topliss-reactive ketones (excluding diaryl/α,β-unsaturated/α-hetero) is 1. The number of carbonyl (C=O) groups is 2. The van der Waals surface area contributed by atoms with Crippen LogP contribution in [0.1, 0.15) is 38.8 Å². The number of ketones is 1. The summed E-state index contributed by atoms with van der Waals surface area (Å²) in [6.45, 7) is 3.33. The second-order valence-corrected chi connectivity index (χ2v) is 8.64. The first kappa shape index (κ1) is 21.4. The van der Waals surface area contributed by atoms with E-state index in [-0.39, 0.29) is 22.8 Å². The Morgan fingerprint density at radius 1 is 0.900 bits per heavy atom. The monoisotopic (exact) mass is 422 g/mol. The van der Waals surface area contributed by atoms with Crippen molar-refractivity contribution in [3.05, 3.63) is 95.1 Å². The highest BCUT2D eigenvalue weighted by atomic mass is 32.2. The molecule has 0 fully saturated rings. The number of hydrogen-bond donors (Lipinski definition) is 2. The molecule has 0 aliphatic rings. The Bertz CT molecular complexity index is 1190. The Balaban J connectivity index is 1.81. The van der Waals surface area contributed by atoms with Gasteiger partial charge in [0.25, 0.3) is 5.91 Å². The number of benzene rings is 3. The summed E-state index contributed by atoms with van der Waals surface area (Å²) in [6, 6.07) is 20.2. The Labute approximate surface area is 176 Å². The summed E-state index contributed by atoms with van der Waals surface area (Å²) in [7, 11) is -3.80. The molecule has 0 radical (unpaired) electrons. The summed E-state index contributed by atoms with van der Waals surface area (Å²) < 4.78 is 27.9.